The second-order valence-corrected chi connectivity index (χ2v) is 8.51. The van der Waals surface area contributed by atoms with Crippen LogP contribution in [0.15, 0.2) is 54.6 Å². The van der Waals surface area contributed by atoms with E-state index in [1.807, 2.05) is 44.2 Å². The molecule has 2 rings (SSSR count). The van der Waals surface area contributed by atoms with Gasteiger partial charge in [0.05, 0.1) is 12.3 Å². The molecule has 1 N–H and O–H groups in total. The normalized spacial score (nSPS) is 14.0. The molecule has 0 unspecified atom stereocenters. The molecule has 26 heavy (non-hydrogen) atoms. The van der Waals surface area contributed by atoms with Gasteiger partial charge in [0.1, 0.15) is 6.04 Å². The topological polar surface area (TPSA) is 66.5 Å². The largest absolute Gasteiger partial charge is 0.348 e. The van der Waals surface area contributed by atoms with Crippen LogP contribution < -0.4 is 5.32 Å². The average Bonchev–Trinajstić information content (AvgIpc) is 2.61. The molecule has 0 spiro atoms. The van der Waals surface area contributed by atoms with Gasteiger partial charge in [-0.2, -0.15) is 4.31 Å². The molecule has 6 heteroatoms. The molecule has 0 aliphatic rings. The summed E-state index contributed by atoms with van der Waals surface area (Å²) in [6.07, 6.45) is 1.81. The van der Waals surface area contributed by atoms with Crippen LogP contribution in [0.3, 0.4) is 0 Å². The zero-order valence-electron chi connectivity index (χ0n) is 15.6. The van der Waals surface area contributed by atoms with Gasteiger partial charge in [0, 0.05) is 7.05 Å². The van der Waals surface area contributed by atoms with Crippen molar-refractivity contribution >= 4 is 15.9 Å². The summed E-state index contributed by atoms with van der Waals surface area (Å²) in [7, 11) is -2.11. The molecule has 0 saturated carbocycles. The highest BCUT2D eigenvalue weighted by atomic mass is 32.2. The number of sulfonamides is 1. The summed E-state index contributed by atoms with van der Waals surface area (Å²) in [6.45, 7) is 4.00. The molecule has 2 aromatic carbocycles. The molecular formula is C20H26N2O3S. The van der Waals surface area contributed by atoms with E-state index in [1.165, 1.54) is 7.05 Å². The molecule has 140 valence electrons. The lowest BCUT2D eigenvalue weighted by molar-refractivity contribution is -0.125. The number of hydrogen-bond acceptors (Lipinski definition) is 3. The van der Waals surface area contributed by atoms with Crippen LogP contribution in [-0.4, -0.2) is 31.9 Å². The van der Waals surface area contributed by atoms with Crippen LogP contribution in [0, 0.1) is 6.92 Å². The number of carbonyl (C=O) groups excluding carboxylic acids is 1. The van der Waals surface area contributed by atoms with Crippen molar-refractivity contribution in [2.75, 3.05) is 13.3 Å². The van der Waals surface area contributed by atoms with E-state index in [-0.39, 0.29) is 11.9 Å². The van der Waals surface area contributed by atoms with Gasteiger partial charge in [-0.15, -0.1) is 0 Å². The van der Waals surface area contributed by atoms with E-state index in [9.17, 15) is 13.2 Å². The molecule has 2 atom stereocenters. The first-order valence-corrected chi connectivity index (χ1v) is 10.4. The number of amides is 1. The Morgan fingerprint density at radius 1 is 1.04 bits per heavy atom. The molecule has 0 bridgehead atoms. The minimum absolute atomic E-state index is 0.178. The quantitative estimate of drug-likeness (QED) is 0.809. The smallest absolute Gasteiger partial charge is 0.243 e. The fraction of sp³-hybridized carbons (Fsp3) is 0.350. The minimum Gasteiger partial charge on any atom is -0.348 e. The van der Waals surface area contributed by atoms with Crippen molar-refractivity contribution in [1.82, 2.24) is 9.62 Å². The van der Waals surface area contributed by atoms with Gasteiger partial charge in [-0.05, 0) is 24.5 Å². The van der Waals surface area contributed by atoms with E-state index in [0.717, 1.165) is 21.7 Å². The molecule has 1 amide bonds. The van der Waals surface area contributed by atoms with Crippen molar-refractivity contribution in [3.05, 3.63) is 71.3 Å². The SMILES string of the molecule is CC[C@@H](NC(=O)[C@H](c1ccccc1)N(C)S(C)(=O)=O)c1ccc(C)cc1. The van der Waals surface area contributed by atoms with Gasteiger partial charge >= 0.3 is 0 Å². The fourth-order valence-corrected chi connectivity index (χ4v) is 3.42. The Bertz CT molecular complexity index is 833. The molecule has 0 aromatic heterocycles. The second kappa shape index (κ2) is 8.47. The maximum atomic E-state index is 13.0. The maximum Gasteiger partial charge on any atom is 0.243 e. The van der Waals surface area contributed by atoms with Crippen LogP contribution in [0.25, 0.3) is 0 Å². The van der Waals surface area contributed by atoms with Crippen LogP contribution in [-0.2, 0) is 14.8 Å². The first kappa shape index (κ1) is 20.1. The Hall–Kier alpha value is -2.18. The van der Waals surface area contributed by atoms with Gasteiger partial charge in [-0.3, -0.25) is 4.79 Å². The van der Waals surface area contributed by atoms with Crippen LogP contribution >= 0.6 is 0 Å². The van der Waals surface area contributed by atoms with E-state index in [1.54, 1.807) is 24.3 Å². The summed E-state index contributed by atoms with van der Waals surface area (Å²) >= 11 is 0. The number of rotatable bonds is 7. The molecule has 0 aliphatic heterocycles. The maximum absolute atomic E-state index is 13.0. The average molecular weight is 375 g/mol. The number of benzene rings is 2. The first-order chi connectivity index (χ1) is 12.2. The van der Waals surface area contributed by atoms with Crippen molar-refractivity contribution in [3.8, 4) is 0 Å². The van der Waals surface area contributed by atoms with Gasteiger partial charge in [-0.1, -0.05) is 67.1 Å². The molecule has 0 saturated heterocycles. The molecule has 2 aromatic rings. The Labute approximate surface area is 156 Å². The lowest BCUT2D eigenvalue weighted by Gasteiger charge is -2.28. The standard InChI is InChI=1S/C20H26N2O3S/c1-5-18(16-13-11-15(2)12-14-16)21-20(23)19(22(3)26(4,24)25)17-9-7-6-8-10-17/h6-14,18-19H,5H2,1-4H3,(H,21,23)/t18-,19+/m1/s1. The Balaban J connectivity index is 2.32. The van der Waals surface area contributed by atoms with Gasteiger partial charge in [0.25, 0.3) is 0 Å². The highest BCUT2D eigenvalue weighted by Gasteiger charge is 2.31. The van der Waals surface area contributed by atoms with Crippen LogP contribution in [0.2, 0.25) is 0 Å². The first-order valence-electron chi connectivity index (χ1n) is 8.59. The van der Waals surface area contributed by atoms with Crippen LogP contribution in [0.4, 0.5) is 0 Å². The van der Waals surface area contributed by atoms with Crippen molar-refractivity contribution in [2.24, 2.45) is 0 Å². The lowest BCUT2D eigenvalue weighted by Crippen LogP contribution is -2.42. The Kier molecular flexibility index (Phi) is 6.56. The predicted molar refractivity (Wildman–Crippen MR) is 104 cm³/mol. The van der Waals surface area contributed by atoms with Crippen molar-refractivity contribution in [2.45, 2.75) is 32.4 Å². The third-order valence-corrected chi connectivity index (χ3v) is 5.71. The molecular weight excluding hydrogens is 348 g/mol. The highest BCUT2D eigenvalue weighted by Crippen LogP contribution is 2.24. The number of nitrogens with one attached hydrogen (secondary N) is 1. The number of likely N-dealkylation sites (N-methyl/N-ethyl adjacent to an activating group) is 1. The second-order valence-electron chi connectivity index (χ2n) is 6.47. The summed E-state index contributed by atoms with van der Waals surface area (Å²) in [4.78, 5) is 13.0. The van der Waals surface area contributed by atoms with E-state index >= 15 is 0 Å². The molecule has 0 heterocycles. The number of carbonyl (C=O) groups is 1. The Morgan fingerprint density at radius 2 is 1.62 bits per heavy atom. The summed E-state index contributed by atoms with van der Waals surface area (Å²) < 4.78 is 25.2. The number of aryl methyl sites for hydroxylation is 1. The van der Waals surface area contributed by atoms with Gasteiger partial charge < -0.3 is 5.32 Å². The third kappa shape index (κ3) is 4.93. The zero-order chi connectivity index (χ0) is 19.3. The van der Waals surface area contributed by atoms with Gasteiger partial charge in [0.15, 0.2) is 0 Å². The van der Waals surface area contributed by atoms with Crippen LogP contribution in [0.5, 0.6) is 0 Å². The van der Waals surface area contributed by atoms with E-state index < -0.39 is 16.1 Å². The number of nitrogens with zero attached hydrogens (tertiary/aromatic N) is 1. The molecule has 0 fully saturated rings. The summed E-state index contributed by atoms with van der Waals surface area (Å²) in [6, 6.07) is 15.8. The van der Waals surface area contributed by atoms with Crippen LogP contribution in [0.1, 0.15) is 42.1 Å². The zero-order valence-corrected chi connectivity index (χ0v) is 16.5. The fourth-order valence-electron chi connectivity index (χ4n) is 2.82. The summed E-state index contributed by atoms with van der Waals surface area (Å²) in [5.74, 6) is -0.337. The summed E-state index contributed by atoms with van der Waals surface area (Å²) in [5, 5.41) is 3.01. The van der Waals surface area contributed by atoms with Crippen molar-refractivity contribution < 1.29 is 13.2 Å². The lowest BCUT2D eigenvalue weighted by atomic mass is 10.0. The van der Waals surface area contributed by atoms with Gasteiger partial charge in [0.2, 0.25) is 15.9 Å². The Morgan fingerprint density at radius 3 is 2.12 bits per heavy atom. The van der Waals surface area contributed by atoms with Gasteiger partial charge in [-0.25, -0.2) is 8.42 Å². The highest BCUT2D eigenvalue weighted by molar-refractivity contribution is 7.88. The van der Waals surface area contributed by atoms with E-state index in [2.05, 4.69) is 5.32 Å². The van der Waals surface area contributed by atoms with Crippen molar-refractivity contribution in [1.29, 1.82) is 0 Å². The van der Waals surface area contributed by atoms with E-state index in [0.29, 0.717) is 12.0 Å². The molecule has 0 radical (unpaired) electrons. The molecule has 5 nitrogen and oxygen atoms in total. The third-order valence-electron chi connectivity index (χ3n) is 4.45. The molecule has 0 aliphatic carbocycles. The number of hydrogen-bond donors (Lipinski definition) is 1. The summed E-state index contributed by atoms with van der Waals surface area (Å²) in [5.41, 5.74) is 2.78. The van der Waals surface area contributed by atoms with E-state index in [4.69, 9.17) is 0 Å². The predicted octanol–water partition coefficient (Wildman–Crippen LogP) is 3.20. The van der Waals surface area contributed by atoms with Crippen molar-refractivity contribution in [3.63, 3.8) is 0 Å². The monoisotopic (exact) mass is 374 g/mol. The minimum atomic E-state index is -3.54.